The SMILES string of the molecule is Cc1cccnc1N(C)CC(C)O. The number of pyridine rings is 1. The number of aryl methyl sites for hydroxylation is 1. The van der Waals surface area contributed by atoms with E-state index >= 15 is 0 Å². The van der Waals surface area contributed by atoms with Gasteiger partial charge in [-0.15, -0.1) is 0 Å². The molecule has 0 aromatic carbocycles. The number of anilines is 1. The van der Waals surface area contributed by atoms with Gasteiger partial charge in [-0.05, 0) is 25.5 Å². The number of aliphatic hydroxyl groups excluding tert-OH is 1. The highest BCUT2D eigenvalue weighted by molar-refractivity contribution is 5.44. The Balaban J connectivity index is 2.76. The standard InChI is InChI=1S/C10H16N2O/c1-8-5-4-6-11-10(8)12(3)7-9(2)13/h4-6,9,13H,7H2,1-3H3. The highest BCUT2D eigenvalue weighted by atomic mass is 16.3. The number of aliphatic hydroxyl groups is 1. The van der Waals surface area contributed by atoms with Crippen LogP contribution in [0.1, 0.15) is 12.5 Å². The molecule has 0 aliphatic heterocycles. The van der Waals surface area contributed by atoms with Crippen molar-refractivity contribution < 1.29 is 5.11 Å². The van der Waals surface area contributed by atoms with Gasteiger partial charge in [-0.3, -0.25) is 0 Å². The van der Waals surface area contributed by atoms with Crippen molar-refractivity contribution in [2.45, 2.75) is 20.0 Å². The van der Waals surface area contributed by atoms with E-state index in [2.05, 4.69) is 4.98 Å². The molecule has 13 heavy (non-hydrogen) atoms. The van der Waals surface area contributed by atoms with E-state index in [0.717, 1.165) is 11.4 Å². The molecule has 0 amide bonds. The monoisotopic (exact) mass is 180 g/mol. The summed E-state index contributed by atoms with van der Waals surface area (Å²) in [5.41, 5.74) is 1.13. The Morgan fingerprint density at radius 2 is 2.31 bits per heavy atom. The van der Waals surface area contributed by atoms with Crippen LogP contribution in [0.15, 0.2) is 18.3 Å². The molecule has 1 heterocycles. The summed E-state index contributed by atoms with van der Waals surface area (Å²) in [4.78, 5) is 6.20. The zero-order valence-electron chi connectivity index (χ0n) is 8.36. The van der Waals surface area contributed by atoms with E-state index in [9.17, 15) is 5.11 Å². The Labute approximate surface area is 79.0 Å². The van der Waals surface area contributed by atoms with Crippen molar-refractivity contribution in [3.05, 3.63) is 23.9 Å². The molecule has 3 nitrogen and oxygen atoms in total. The van der Waals surface area contributed by atoms with Crippen LogP contribution in [-0.2, 0) is 0 Å². The van der Waals surface area contributed by atoms with Crippen LogP contribution >= 0.6 is 0 Å². The van der Waals surface area contributed by atoms with Crippen molar-refractivity contribution in [1.29, 1.82) is 0 Å². The molecule has 1 rings (SSSR count). The Morgan fingerprint density at radius 3 is 2.85 bits per heavy atom. The summed E-state index contributed by atoms with van der Waals surface area (Å²) in [5.74, 6) is 0.934. The van der Waals surface area contributed by atoms with E-state index < -0.39 is 0 Å². The molecule has 1 aromatic heterocycles. The van der Waals surface area contributed by atoms with Crippen LogP contribution in [0.25, 0.3) is 0 Å². The quantitative estimate of drug-likeness (QED) is 0.759. The third kappa shape index (κ3) is 2.70. The first-order chi connectivity index (χ1) is 6.11. The minimum atomic E-state index is -0.327. The summed E-state index contributed by atoms with van der Waals surface area (Å²) in [7, 11) is 1.93. The highest BCUT2D eigenvalue weighted by Crippen LogP contribution is 2.13. The average Bonchev–Trinajstić information content (AvgIpc) is 2.03. The zero-order chi connectivity index (χ0) is 9.84. The van der Waals surface area contributed by atoms with Gasteiger partial charge in [-0.25, -0.2) is 4.98 Å². The number of likely N-dealkylation sites (N-methyl/N-ethyl adjacent to an activating group) is 1. The molecule has 0 fully saturated rings. The van der Waals surface area contributed by atoms with Crippen molar-refractivity contribution in [2.24, 2.45) is 0 Å². The van der Waals surface area contributed by atoms with E-state index in [4.69, 9.17) is 0 Å². The van der Waals surface area contributed by atoms with Crippen LogP contribution in [0.2, 0.25) is 0 Å². The summed E-state index contributed by atoms with van der Waals surface area (Å²) >= 11 is 0. The predicted molar refractivity (Wildman–Crippen MR) is 53.9 cm³/mol. The van der Waals surface area contributed by atoms with Gasteiger partial charge in [0, 0.05) is 19.8 Å². The first-order valence-corrected chi connectivity index (χ1v) is 4.42. The van der Waals surface area contributed by atoms with Gasteiger partial charge in [0.25, 0.3) is 0 Å². The van der Waals surface area contributed by atoms with E-state index in [1.54, 1.807) is 13.1 Å². The van der Waals surface area contributed by atoms with Gasteiger partial charge in [0.15, 0.2) is 0 Å². The molecule has 0 saturated carbocycles. The number of hydrogen-bond acceptors (Lipinski definition) is 3. The molecular formula is C10H16N2O. The van der Waals surface area contributed by atoms with Crippen LogP contribution in [0.4, 0.5) is 5.82 Å². The molecule has 3 heteroatoms. The van der Waals surface area contributed by atoms with Crippen LogP contribution in [-0.4, -0.2) is 29.8 Å². The van der Waals surface area contributed by atoms with E-state index in [0.29, 0.717) is 6.54 Å². The van der Waals surface area contributed by atoms with Crippen molar-refractivity contribution in [2.75, 3.05) is 18.5 Å². The van der Waals surface area contributed by atoms with Crippen molar-refractivity contribution in [3.8, 4) is 0 Å². The second-order valence-corrected chi connectivity index (χ2v) is 3.37. The maximum atomic E-state index is 9.21. The van der Waals surface area contributed by atoms with Crippen LogP contribution in [0, 0.1) is 6.92 Å². The summed E-state index contributed by atoms with van der Waals surface area (Å²) in [5, 5.41) is 9.21. The van der Waals surface area contributed by atoms with Crippen molar-refractivity contribution >= 4 is 5.82 Å². The van der Waals surface area contributed by atoms with Crippen molar-refractivity contribution in [1.82, 2.24) is 4.98 Å². The molecule has 72 valence electrons. The second-order valence-electron chi connectivity index (χ2n) is 3.37. The third-order valence-corrected chi connectivity index (χ3v) is 1.88. The lowest BCUT2D eigenvalue weighted by molar-refractivity contribution is 0.201. The second kappa shape index (κ2) is 4.23. The average molecular weight is 180 g/mol. The van der Waals surface area contributed by atoms with Gasteiger partial charge < -0.3 is 10.0 Å². The summed E-state index contributed by atoms with van der Waals surface area (Å²) in [6, 6.07) is 3.93. The van der Waals surface area contributed by atoms with E-state index in [-0.39, 0.29) is 6.10 Å². The fraction of sp³-hybridized carbons (Fsp3) is 0.500. The zero-order valence-corrected chi connectivity index (χ0v) is 8.36. The van der Waals surface area contributed by atoms with Crippen LogP contribution in [0.5, 0.6) is 0 Å². The number of nitrogens with zero attached hydrogens (tertiary/aromatic N) is 2. The molecule has 0 aliphatic carbocycles. The Bertz CT molecular complexity index is 273. The third-order valence-electron chi connectivity index (χ3n) is 1.88. The van der Waals surface area contributed by atoms with E-state index in [1.807, 2.05) is 31.0 Å². The topological polar surface area (TPSA) is 36.4 Å². The maximum Gasteiger partial charge on any atom is 0.131 e. The molecule has 0 saturated heterocycles. The van der Waals surface area contributed by atoms with Gasteiger partial charge in [-0.1, -0.05) is 6.07 Å². The summed E-state index contributed by atoms with van der Waals surface area (Å²) in [6.45, 7) is 4.40. The number of aromatic nitrogens is 1. The van der Waals surface area contributed by atoms with Crippen LogP contribution < -0.4 is 4.90 Å². The lowest BCUT2D eigenvalue weighted by Gasteiger charge is -2.21. The number of hydrogen-bond donors (Lipinski definition) is 1. The molecule has 1 aromatic rings. The maximum absolute atomic E-state index is 9.21. The molecule has 1 unspecified atom stereocenters. The lowest BCUT2D eigenvalue weighted by atomic mass is 10.2. The Hall–Kier alpha value is -1.09. The van der Waals surface area contributed by atoms with Gasteiger partial charge in [0.2, 0.25) is 0 Å². The number of rotatable bonds is 3. The lowest BCUT2D eigenvalue weighted by Crippen LogP contribution is -2.28. The predicted octanol–water partition coefficient (Wildman–Crippen LogP) is 1.21. The fourth-order valence-electron chi connectivity index (χ4n) is 1.36. The van der Waals surface area contributed by atoms with Crippen molar-refractivity contribution in [3.63, 3.8) is 0 Å². The minimum Gasteiger partial charge on any atom is -0.392 e. The summed E-state index contributed by atoms with van der Waals surface area (Å²) < 4.78 is 0. The molecule has 0 spiro atoms. The normalized spacial score (nSPS) is 12.6. The van der Waals surface area contributed by atoms with Gasteiger partial charge in [-0.2, -0.15) is 0 Å². The molecule has 1 N–H and O–H groups in total. The van der Waals surface area contributed by atoms with Gasteiger partial charge in [0.1, 0.15) is 5.82 Å². The van der Waals surface area contributed by atoms with E-state index in [1.165, 1.54) is 0 Å². The molecular weight excluding hydrogens is 164 g/mol. The molecule has 0 aliphatic rings. The molecule has 0 bridgehead atoms. The first-order valence-electron chi connectivity index (χ1n) is 4.42. The van der Waals surface area contributed by atoms with Gasteiger partial charge >= 0.3 is 0 Å². The molecule has 0 radical (unpaired) electrons. The first kappa shape index (κ1) is 9.99. The highest BCUT2D eigenvalue weighted by Gasteiger charge is 2.07. The smallest absolute Gasteiger partial charge is 0.131 e. The van der Waals surface area contributed by atoms with Gasteiger partial charge in [0.05, 0.1) is 6.10 Å². The van der Waals surface area contributed by atoms with Crippen LogP contribution in [0.3, 0.4) is 0 Å². The molecule has 1 atom stereocenters. The Kier molecular flexibility index (Phi) is 3.25. The minimum absolute atomic E-state index is 0.327. The summed E-state index contributed by atoms with van der Waals surface area (Å²) in [6.07, 6.45) is 1.44. The Morgan fingerprint density at radius 1 is 1.62 bits per heavy atom. The fourth-order valence-corrected chi connectivity index (χ4v) is 1.36. The largest absolute Gasteiger partial charge is 0.392 e.